The van der Waals surface area contributed by atoms with Crippen molar-refractivity contribution < 1.29 is 4.79 Å². The Kier molecular flexibility index (Phi) is 3.16. The monoisotopic (exact) mass is 250 g/mol. The Balaban J connectivity index is 1.70. The molecule has 0 radical (unpaired) electrons. The summed E-state index contributed by atoms with van der Waals surface area (Å²) in [6, 6.07) is 2.43. The van der Waals surface area contributed by atoms with Gasteiger partial charge in [-0.15, -0.1) is 11.3 Å². The highest BCUT2D eigenvalue weighted by Gasteiger charge is 2.21. The van der Waals surface area contributed by atoms with Crippen LogP contribution in [-0.2, 0) is 12.8 Å². The number of carbonyl (C=O) groups is 1. The van der Waals surface area contributed by atoms with Crippen molar-refractivity contribution in [2.75, 3.05) is 13.1 Å². The Bertz CT molecular complexity index is 398. The van der Waals surface area contributed by atoms with Crippen LogP contribution in [0, 0.1) is 0 Å². The summed E-state index contributed by atoms with van der Waals surface area (Å²) in [5.74, 6) is 0.123. The van der Waals surface area contributed by atoms with E-state index in [-0.39, 0.29) is 5.91 Å². The largest absolute Gasteiger partial charge is 0.347 e. The number of amides is 1. The molecule has 1 atom stereocenters. The first kappa shape index (κ1) is 11.2. The van der Waals surface area contributed by atoms with Crippen LogP contribution in [0.3, 0.4) is 0 Å². The molecule has 0 bridgehead atoms. The highest BCUT2D eigenvalue weighted by Crippen LogP contribution is 2.29. The van der Waals surface area contributed by atoms with Gasteiger partial charge in [0.05, 0.1) is 4.88 Å². The average Bonchev–Trinajstić information content (AvgIpc) is 2.96. The molecule has 1 aromatic heterocycles. The first-order chi connectivity index (χ1) is 8.33. The van der Waals surface area contributed by atoms with E-state index in [9.17, 15) is 4.79 Å². The summed E-state index contributed by atoms with van der Waals surface area (Å²) in [6.07, 6.45) is 5.93. The Morgan fingerprint density at radius 1 is 1.41 bits per heavy atom. The summed E-state index contributed by atoms with van der Waals surface area (Å²) >= 11 is 1.69. The summed E-state index contributed by atoms with van der Waals surface area (Å²) in [4.78, 5) is 14.4. The Hall–Kier alpha value is -0.870. The summed E-state index contributed by atoms with van der Waals surface area (Å²) in [6.45, 7) is 1.93. The van der Waals surface area contributed by atoms with Gasteiger partial charge in [-0.05, 0) is 50.3 Å². The van der Waals surface area contributed by atoms with E-state index in [0.29, 0.717) is 6.04 Å². The van der Waals surface area contributed by atoms with Gasteiger partial charge in [-0.1, -0.05) is 0 Å². The number of rotatable bonds is 2. The van der Waals surface area contributed by atoms with E-state index in [4.69, 9.17) is 0 Å². The van der Waals surface area contributed by atoms with Crippen LogP contribution in [0.25, 0.3) is 0 Å². The maximum atomic E-state index is 12.1. The van der Waals surface area contributed by atoms with Crippen LogP contribution in [0.4, 0.5) is 0 Å². The van der Waals surface area contributed by atoms with Crippen LogP contribution >= 0.6 is 11.3 Å². The van der Waals surface area contributed by atoms with Crippen molar-refractivity contribution in [3.8, 4) is 0 Å². The maximum absolute atomic E-state index is 12.1. The molecular weight excluding hydrogens is 232 g/mol. The van der Waals surface area contributed by atoms with Gasteiger partial charge in [-0.25, -0.2) is 0 Å². The number of nitrogens with one attached hydrogen (secondary N) is 2. The molecule has 2 N–H and O–H groups in total. The fourth-order valence-corrected chi connectivity index (χ4v) is 3.79. The minimum atomic E-state index is 0.123. The molecule has 0 aromatic carbocycles. The molecule has 2 aliphatic rings. The molecule has 1 amide bonds. The predicted molar refractivity (Wildman–Crippen MR) is 69.7 cm³/mol. The lowest BCUT2D eigenvalue weighted by atomic mass is 9.99. The van der Waals surface area contributed by atoms with E-state index in [2.05, 4.69) is 16.7 Å². The second-order valence-corrected chi connectivity index (χ2v) is 6.07. The second-order valence-electron chi connectivity index (χ2n) is 4.93. The summed E-state index contributed by atoms with van der Waals surface area (Å²) in [5, 5.41) is 6.38. The van der Waals surface area contributed by atoms with Crippen LogP contribution < -0.4 is 10.6 Å². The van der Waals surface area contributed by atoms with Gasteiger partial charge in [0.25, 0.3) is 5.91 Å². The van der Waals surface area contributed by atoms with Crippen molar-refractivity contribution in [2.45, 2.75) is 38.1 Å². The van der Waals surface area contributed by atoms with E-state index in [1.165, 1.54) is 23.3 Å². The van der Waals surface area contributed by atoms with Crippen molar-refractivity contribution in [3.05, 3.63) is 21.4 Å². The first-order valence-electron chi connectivity index (χ1n) is 6.46. The van der Waals surface area contributed by atoms with Gasteiger partial charge >= 0.3 is 0 Å². The van der Waals surface area contributed by atoms with Gasteiger partial charge in [0, 0.05) is 17.5 Å². The number of hydrogen-bond donors (Lipinski definition) is 2. The normalized spacial score (nSPS) is 23.4. The predicted octanol–water partition coefficient (Wildman–Crippen LogP) is 1.72. The maximum Gasteiger partial charge on any atom is 0.261 e. The first-order valence-corrected chi connectivity index (χ1v) is 7.28. The summed E-state index contributed by atoms with van der Waals surface area (Å²) < 4.78 is 0. The van der Waals surface area contributed by atoms with E-state index in [1.54, 1.807) is 11.3 Å². The van der Waals surface area contributed by atoms with Crippen molar-refractivity contribution in [2.24, 2.45) is 0 Å². The third kappa shape index (κ3) is 2.38. The van der Waals surface area contributed by atoms with Gasteiger partial charge in [0.1, 0.15) is 0 Å². The van der Waals surface area contributed by atoms with E-state index < -0.39 is 0 Å². The molecule has 0 saturated carbocycles. The van der Waals surface area contributed by atoms with Gasteiger partial charge in [-0.2, -0.15) is 0 Å². The van der Waals surface area contributed by atoms with Gasteiger partial charge in [0.15, 0.2) is 0 Å². The molecule has 1 aromatic rings. The third-order valence-electron chi connectivity index (χ3n) is 3.62. The molecule has 1 aliphatic carbocycles. The van der Waals surface area contributed by atoms with Gasteiger partial charge < -0.3 is 10.6 Å². The molecule has 1 unspecified atom stereocenters. The highest BCUT2D eigenvalue weighted by atomic mass is 32.1. The smallest absolute Gasteiger partial charge is 0.261 e. The van der Waals surface area contributed by atoms with Crippen LogP contribution in [0.5, 0.6) is 0 Å². The van der Waals surface area contributed by atoms with Crippen molar-refractivity contribution >= 4 is 17.2 Å². The third-order valence-corrected chi connectivity index (χ3v) is 4.85. The van der Waals surface area contributed by atoms with Crippen molar-refractivity contribution in [1.82, 2.24) is 10.6 Å². The Labute approximate surface area is 106 Å². The molecule has 1 saturated heterocycles. The molecule has 3 rings (SSSR count). The minimum Gasteiger partial charge on any atom is -0.347 e. The molecular formula is C13H18N2OS. The Morgan fingerprint density at radius 2 is 2.29 bits per heavy atom. The molecule has 92 valence electrons. The molecule has 4 heteroatoms. The highest BCUT2D eigenvalue weighted by molar-refractivity contribution is 7.14. The lowest BCUT2D eigenvalue weighted by Crippen LogP contribution is -2.35. The fourth-order valence-electron chi connectivity index (χ4n) is 2.64. The number of thiophene rings is 1. The van der Waals surface area contributed by atoms with Crippen molar-refractivity contribution in [3.63, 3.8) is 0 Å². The fraction of sp³-hybridized carbons (Fsp3) is 0.615. The molecule has 0 spiro atoms. The zero-order chi connectivity index (χ0) is 11.7. The van der Waals surface area contributed by atoms with E-state index >= 15 is 0 Å². The molecule has 3 nitrogen and oxygen atoms in total. The number of fused-ring (bicyclic) bond motifs is 1. The standard InChI is InChI=1S/C13H18N2OS/c16-13(15-10-5-6-14-8-10)12-7-9-3-1-2-4-11(9)17-12/h7,10,14H,1-6,8H2,(H,15,16). The zero-order valence-electron chi connectivity index (χ0n) is 9.92. The quantitative estimate of drug-likeness (QED) is 0.839. The topological polar surface area (TPSA) is 41.1 Å². The summed E-state index contributed by atoms with van der Waals surface area (Å²) in [5.41, 5.74) is 1.41. The van der Waals surface area contributed by atoms with Crippen LogP contribution in [0.15, 0.2) is 6.07 Å². The van der Waals surface area contributed by atoms with E-state index in [1.807, 2.05) is 0 Å². The van der Waals surface area contributed by atoms with Gasteiger partial charge in [-0.3, -0.25) is 4.79 Å². The van der Waals surface area contributed by atoms with Gasteiger partial charge in [0.2, 0.25) is 0 Å². The lowest BCUT2D eigenvalue weighted by molar-refractivity contribution is 0.0944. The number of aryl methyl sites for hydroxylation is 2. The average molecular weight is 250 g/mol. The van der Waals surface area contributed by atoms with Crippen molar-refractivity contribution in [1.29, 1.82) is 0 Å². The van der Waals surface area contributed by atoms with Crippen LogP contribution in [-0.4, -0.2) is 25.0 Å². The van der Waals surface area contributed by atoms with E-state index in [0.717, 1.165) is 37.2 Å². The SMILES string of the molecule is O=C(NC1CCNC1)c1cc2c(s1)CCCC2. The Morgan fingerprint density at radius 3 is 3.06 bits per heavy atom. The second kappa shape index (κ2) is 4.78. The molecule has 1 aliphatic heterocycles. The molecule has 2 heterocycles. The molecule has 1 fully saturated rings. The number of carbonyl (C=O) groups excluding carboxylic acids is 1. The van der Waals surface area contributed by atoms with Crippen LogP contribution in [0.1, 0.15) is 39.4 Å². The lowest BCUT2D eigenvalue weighted by Gasteiger charge is -2.09. The summed E-state index contributed by atoms with van der Waals surface area (Å²) in [7, 11) is 0. The number of hydrogen-bond acceptors (Lipinski definition) is 3. The molecule has 17 heavy (non-hydrogen) atoms. The zero-order valence-corrected chi connectivity index (χ0v) is 10.7. The van der Waals surface area contributed by atoms with Crippen LogP contribution in [0.2, 0.25) is 0 Å². The minimum absolute atomic E-state index is 0.123.